The smallest absolute Gasteiger partial charge is 0.331 e. The zero-order valence-corrected chi connectivity index (χ0v) is 16.1. The molecule has 1 aromatic rings. The number of hydrogen-bond donors (Lipinski definition) is 3. The summed E-state index contributed by atoms with van der Waals surface area (Å²) in [6.45, 7) is 2.35. The summed E-state index contributed by atoms with van der Waals surface area (Å²) >= 11 is 0. The molecule has 1 aromatic carbocycles. The quantitative estimate of drug-likeness (QED) is 0.338. The fraction of sp³-hybridized carbons (Fsp3) is 0.300. The van der Waals surface area contributed by atoms with E-state index in [0.717, 1.165) is 12.2 Å². The normalized spacial score (nSPS) is 20.9. The zero-order chi connectivity index (χ0) is 22.4. The van der Waals surface area contributed by atoms with Crippen LogP contribution in [0.15, 0.2) is 35.9 Å². The molecule has 1 aliphatic rings. The van der Waals surface area contributed by atoms with Crippen LogP contribution in [0.4, 0.5) is 0 Å². The molecule has 3 atom stereocenters. The van der Waals surface area contributed by atoms with Gasteiger partial charge in [-0.1, -0.05) is 6.07 Å². The molecule has 0 radical (unpaired) electrons. The molecule has 160 valence electrons. The minimum Gasteiger partial charge on any atom is -0.478 e. The topological polar surface area (TPSA) is 157 Å². The predicted molar refractivity (Wildman–Crippen MR) is 100 cm³/mol. The third kappa shape index (κ3) is 6.26. The summed E-state index contributed by atoms with van der Waals surface area (Å²) in [7, 11) is 0. The van der Waals surface area contributed by atoms with Crippen LogP contribution in [0.1, 0.15) is 25.8 Å². The van der Waals surface area contributed by atoms with Crippen molar-refractivity contribution < 1.29 is 48.7 Å². The lowest BCUT2D eigenvalue weighted by atomic mass is 9.92. The molecule has 0 amide bonds. The van der Waals surface area contributed by atoms with E-state index >= 15 is 0 Å². The lowest BCUT2D eigenvalue weighted by Crippen LogP contribution is -2.43. The molecular formula is C20H20O10. The van der Waals surface area contributed by atoms with Gasteiger partial charge in [0.05, 0.1) is 0 Å². The Hall–Kier alpha value is -3.50. The second-order valence-corrected chi connectivity index (χ2v) is 6.38. The van der Waals surface area contributed by atoms with E-state index in [1.54, 1.807) is 0 Å². The molecule has 0 saturated carbocycles. The fourth-order valence-corrected chi connectivity index (χ4v) is 2.65. The van der Waals surface area contributed by atoms with E-state index in [0.29, 0.717) is 5.56 Å². The summed E-state index contributed by atoms with van der Waals surface area (Å²) in [4.78, 5) is 45.5. The predicted octanol–water partition coefficient (Wildman–Crippen LogP) is 0.599. The molecule has 2 rings (SSSR count). The second kappa shape index (κ2) is 9.81. The Balaban J connectivity index is 2.12. The number of carboxylic acid groups (broad SMARTS) is 1. The fourth-order valence-electron chi connectivity index (χ4n) is 2.65. The van der Waals surface area contributed by atoms with Crippen molar-refractivity contribution in [1.82, 2.24) is 0 Å². The number of aliphatic hydroxyl groups is 2. The number of aliphatic hydroxyl groups excluding tert-OH is 2. The minimum absolute atomic E-state index is 0.0183. The van der Waals surface area contributed by atoms with Gasteiger partial charge in [0.2, 0.25) is 0 Å². The summed E-state index contributed by atoms with van der Waals surface area (Å²) in [5.41, 5.74) is 0.219. The van der Waals surface area contributed by atoms with Gasteiger partial charge < -0.3 is 29.5 Å². The van der Waals surface area contributed by atoms with Crippen LogP contribution in [0.5, 0.6) is 11.5 Å². The number of carbonyl (C=O) groups excluding carboxylic acids is 3. The first-order chi connectivity index (χ1) is 14.1. The molecule has 0 fully saturated rings. The van der Waals surface area contributed by atoms with Gasteiger partial charge >= 0.3 is 23.9 Å². The SMILES string of the molecule is CC(=O)Oc1ccc(C=CC(=O)O[C@@H]2CC(C(=O)O)=C[C@@H](O)[C@H]2O)cc1OC(C)=O. The number of carboxylic acids is 1. The second-order valence-electron chi connectivity index (χ2n) is 6.38. The Morgan fingerprint density at radius 3 is 2.27 bits per heavy atom. The van der Waals surface area contributed by atoms with Crippen LogP contribution in [-0.4, -0.2) is 57.5 Å². The average molecular weight is 420 g/mol. The molecular weight excluding hydrogens is 400 g/mol. The van der Waals surface area contributed by atoms with Gasteiger partial charge in [-0.3, -0.25) is 9.59 Å². The first-order valence-corrected chi connectivity index (χ1v) is 8.76. The monoisotopic (exact) mass is 420 g/mol. The first-order valence-electron chi connectivity index (χ1n) is 8.76. The first kappa shape index (κ1) is 22.8. The van der Waals surface area contributed by atoms with Crippen molar-refractivity contribution in [3.8, 4) is 11.5 Å². The van der Waals surface area contributed by atoms with Crippen molar-refractivity contribution >= 4 is 30.0 Å². The molecule has 3 N–H and O–H groups in total. The van der Waals surface area contributed by atoms with Crippen molar-refractivity contribution in [2.24, 2.45) is 0 Å². The average Bonchev–Trinajstić information content (AvgIpc) is 2.64. The highest BCUT2D eigenvalue weighted by atomic mass is 16.6. The van der Waals surface area contributed by atoms with E-state index in [9.17, 15) is 29.4 Å². The Bertz CT molecular complexity index is 914. The lowest BCUT2D eigenvalue weighted by molar-refractivity contribution is -0.154. The van der Waals surface area contributed by atoms with Gasteiger partial charge in [0, 0.05) is 31.9 Å². The third-order valence-corrected chi connectivity index (χ3v) is 3.95. The molecule has 0 bridgehead atoms. The van der Waals surface area contributed by atoms with Crippen molar-refractivity contribution in [2.45, 2.75) is 38.6 Å². The van der Waals surface area contributed by atoms with Crippen LogP contribution < -0.4 is 9.47 Å². The standard InChI is InChI=1S/C20H20O10/c1-10(21)28-15-5-3-12(7-16(15)29-11(2)22)4-6-18(24)30-17-9-13(20(26)27)8-14(23)19(17)25/h3-8,14,17,19,23,25H,9H2,1-2H3,(H,26,27)/t14-,17-,19-/m1/s1. The zero-order valence-electron chi connectivity index (χ0n) is 16.1. The molecule has 1 aliphatic carbocycles. The van der Waals surface area contributed by atoms with E-state index in [2.05, 4.69) is 0 Å². The Labute approximate surface area is 171 Å². The number of aliphatic carboxylic acids is 1. The number of rotatable bonds is 6. The maximum absolute atomic E-state index is 12.1. The van der Waals surface area contributed by atoms with Crippen LogP contribution in [0.2, 0.25) is 0 Å². The van der Waals surface area contributed by atoms with Crippen molar-refractivity contribution in [2.75, 3.05) is 0 Å². The molecule has 10 heteroatoms. The van der Waals surface area contributed by atoms with E-state index < -0.39 is 42.2 Å². The van der Waals surface area contributed by atoms with Crippen LogP contribution in [0, 0.1) is 0 Å². The van der Waals surface area contributed by atoms with Crippen LogP contribution in [0.25, 0.3) is 6.08 Å². The van der Waals surface area contributed by atoms with E-state index in [1.165, 1.54) is 38.1 Å². The molecule has 0 saturated heterocycles. The van der Waals surface area contributed by atoms with Crippen molar-refractivity contribution in [3.63, 3.8) is 0 Å². The molecule has 30 heavy (non-hydrogen) atoms. The summed E-state index contributed by atoms with van der Waals surface area (Å²) in [6.07, 6.45) is -1.13. The van der Waals surface area contributed by atoms with Gasteiger partial charge in [-0.15, -0.1) is 0 Å². The summed E-state index contributed by atoms with van der Waals surface area (Å²) in [6, 6.07) is 4.21. The minimum atomic E-state index is -1.48. The number of ether oxygens (including phenoxy) is 3. The lowest BCUT2D eigenvalue weighted by Gasteiger charge is -2.29. The van der Waals surface area contributed by atoms with Crippen LogP contribution >= 0.6 is 0 Å². The number of benzene rings is 1. The summed E-state index contributed by atoms with van der Waals surface area (Å²) in [5.74, 6) is -3.45. The molecule has 0 spiro atoms. The maximum atomic E-state index is 12.1. The summed E-state index contributed by atoms with van der Waals surface area (Å²) < 4.78 is 15.0. The van der Waals surface area contributed by atoms with Gasteiger partial charge in [-0.05, 0) is 29.8 Å². The van der Waals surface area contributed by atoms with Crippen LogP contribution in [-0.2, 0) is 23.9 Å². The van der Waals surface area contributed by atoms with E-state index in [-0.39, 0.29) is 23.5 Å². The maximum Gasteiger partial charge on any atom is 0.331 e. The van der Waals surface area contributed by atoms with Gasteiger partial charge in [-0.25, -0.2) is 9.59 Å². The highest BCUT2D eigenvalue weighted by Gasteiger charge is 2.35. The van der Waals surface area contributed by atoms with E-state index in [1.807, 2.05) is 0 Å². The largest absolute Gasteiger partial charge is 0.478 e. The molecule has 10 nitrogen and oxygen atoms in total. The van der Waals surface area contributed by atoms with Gasteiger partial charge in [0.1, 0.15) is 18.3 Å². The van der Waals surface area contributed by atoms with Crippen LogP contribution in [0.3, 0.4) is 0 Å². The Morgan fingerprint density at radius 2 is 1.67 bits per heavy atom. The van der Waals surface area contributed by atoms with Gasteiger partial charge in [0.25, 0.3) is 0 Å². The Kier molecular flexibility index (Phi) is 7.45. The van der Waals surface area contributed by atoms with Crippen molar-refractivity contribution in [3.05, 3.63) is 41.5 Å². The highest BCUT2D eigenvalue weighted by Crippen LogP contribution is 2.29. The summed E-state index contributed by atoms with van der Waals surface area (Å²) in [5, 5.41) is 28.6. The highest BCUT2D eigenvalue weighted by molar-refractivity contribution is 5.89. The molecule has 0 heterocycles. The molecule has 0 unspecified atom stereocenters. The van der Waals surface area contributed by atoms with E-state index in [4.69, 9.17) is 19.3 Å². The number of carbonyl (C=O) groups is 4. The molecule has 0 aliphatic heterocycles. The third-order valence-electron chi connectivity index (χ3n) is 3.95. The molecule has 0 aromatic heterocycles. The van der Waals surface area contributed by atoms with Gasteiger partial charge in [-0.2, -0.15) is 0 Å². The van der Waals surface area contributed by atoms with Gasteiger partial charge in [0.15, 0.2) is 11.5 Å². The Morgan fingerprint density at radius 1 is 1.03 bits per heavy atom. The van der Waals surface area contributed by atoms with Crippen molar-refractivity contribution in [1.29, 1.82) is 0 Å². The number of hydrogen-bond acceptors (Lipinski definition) is 9. The number of esters is 3.